The second kappa shape index (κ2) is 7.21. The van der Waals surface area contributed by atoms with Gasteiger partial charge in [-0.15, -0.1) is 0 Å². The molecular weight excluding hydrogens is 446 g/mol. The molecule has 1 amide bonds. The van der Waals surface area contributed by atoms with Crippen molar-refractivity contribution in [3.05, 3.63) is 74.7 Å². The van der Waals surface area contributed by atoms with E-state index >= 15 is 0 Å². The zero-order valence-electron chi connectivity index (χ0n) is 16.7. The molecule has 0 radical (unpaired) electrons. The summed E-state index contributed by atoms with van der Waals surface area (Å²) in [5, 5.41) is 0. The number of carbonyl (C=O) groups excluding carboxylic acids is 1. The van der Waals surface area contributed by atoms with Crippen molar-refractivity contribution < 1.29 is 4.79 Å². The number of fused-ring (bicyclic) bond motifs is 1. The number of carbonyl (C=O) groups is 1. The molecule has 2 heterocycles. The first-order valence-corrected chi connectivity index (χ1v) is 10.1. The van der Waals surface area contributed by atoms with E-state index in [1.54, 1.807) is 0 Å². The van der Waals surface area contributed by atoms with E-state index in [0.717, 1.165) is 10.0 Å². The number of hydrogen-bond acceptors (Lipinski definition) is 4. The van der Waals surface area contributed by atoms with E-state index in [2.05, 4.69) is 51.7 Å². The Labute approximate surface area is 181 Å². The fraction of sp³-hybridized carbons (Fsp3) is 0.182. The van der Waals surface area contributed by atoms with Gasteiger partial charge in [0, 0.05) is 10.0 Å². The van der Waals surface area contributed by atoms with Crippen molar-refractivity contribution in [3.8, 4) is 17.1 Å². The van der Waals surface area contributed by atoms with Gasteiger partial charge >= 0.3 is 5.69 Å². The first-order chi connectivity index (χ1) is 14.2. The molecule has 4 rings (SSSR count). The number of aromatic nitrogens is 4. The Kier molecular flexibility index (Phi) is 4.82. The number of benzene rings is 2. The third kappa shape index (κ3) is 3.43. The molecule has 0 aliphatic carbocycles. The quantitative estimate of drug-likeness (QED) is 0.477. The number of rotatable bonds is 3. The zero-order valence-corrected chi connectivity index (χ0v) is 18.3. The monoisotopic (exact) mass is 465 g/mol. The number of amides is 1. The summed E-state index contributed by atoms with van der Waals surface area (Å²) in [6, 6.07) is 15.1. The molecule has 0 bridgehead atoms. The van der Waals surface area contributed by atoms with Gasteiger partial charge in [0.25, 0.3) is 5.91 Å². The molecule has 2 aromatic heterocycles. The zero-order chi connectivity index (χ0) is 21.6. The largest absolute Gasteiger partial charge is 0.364 e. The van der Waals surface area contributed by atoms with Gasteiger partial charge in [0.15, 0.2) is 17.2 Å². The van der Waals surface area contributed by atoms with Gasteiger partial charge in [-0.1, -0.05) is 67.0 Å². The molecule has 8 heteroatoms. The Hall–Kier alpha value is -3.26. The highest BCUT2D eigenvalue weighted by Crippen LogP contribution is 2.28. The van der Waals surface area contributed by atoms with Crippen LogP contribution in [0, 0.1) is 0 Å². The van der Waals surface area contributed by atoms with Gasteiger partial charge in [-0.25, -0.2) is 19.3 Å². The second-order valence-corrected chi connectivity index (χ2v) is 8.86. The summed E-state index contributed by atoms with van der Waals surface area (Å²) in [4.78, 5) is 36.5. The van der Waals surface area contributed by atoms with Gasteiger partial charge in [-0.2, -0.15) is 0 Å². The van der Waals surface area contributed by atoms with E-state index in [0.29, 0.717) is 17.1 Å². The Morgan fingerprint density at radius 1 is 1.07 bits per heavy atom. The minimum Gasteiger partial charge on any atom is -0.364 e. The number of H-pyrrole nitrogens is 1. The molecule has 0 unspecified atom stereocenters. The van der Waals surface area contributed by atoms with Gasteiger partial charge < -0.3 is 10.7 Å². The van der Waals surface area contributed by atoms with Crippen LogP contribution in [0.15, 0.2) is 57.8 Å². The molecule has 152 valence electrons. The van der Waals surface area contributed by atoms with Crippen LogP contribution in [0.25, 0.3) is 28.2 Å². The van der Waals surface area contributed by atoms with Crippen LogP contribution in [0.1, 0.15) is 36.8 Å². The van der Waals surface area contributed by atoms with Crippen molar-refractivity contribution in [1.29, 1.82) is 0 Å². The highest BCUT2D eigenvalue weighted by atomic mass is 79.9. The molecule has 30 heavy (non-hydrogen) atoms. The maximum absolute atomic E-state index is 12.8. The topological polar surface area (TPSA) is 107 Å². The average molecular weight is 466 g/mol. The van der Waals surface area contributed by atoms with E-state index < -0.39 is 11.6 Å². The molecule has 0 atom stereocenters. The molecule has 0 aliphatic rings. The van der Waals surface area contributed by atoms with Gasteiger partial charge in [0.2, 0.25) is 0 Å². The fourth-order valence-corrected chi connectivity index (χ4v) is 3.74. The first-order valence-electron chi connectivity index (χ1n) is 9.35. The average Bonchev–Trinajstić information content (AvgIpc) is 3.02. The molecule has 0 aliphatic heterocycles. The van der Waals surface area contributed by atoms with Gasteiger partial charge in [0.05, 0.1) is 5.69 Å². The van der Waals surface area contributed by atoms with Gasteiger partial charge in [-0.05, 0) is 29.2 Å². The number of aromatic amines is 1. The molecule has 7 nitrogen and oxygen atoms in total. The summed E-state index contributed by atoms with van der Waals surface area (Å²) in [5.74, 6) is -0.449. The number of primary amides is 1. The van der Waals surface area contributed by atoms with Crippen LogP contribution >= 0.6 is 15.9 Å². The number of hydrogen-bond donors (Lipinski definition) is 2. The SMILES string of the molecule is CC(C)(C)c1ccc(-n2c(=O)[nH]c3c(C(N)=O)nc(-c4ccccc4Br)nc32)cc1. The normalized spacial score (nSPS) is 11.7. The maximum atomic E-state index is 12.8. The minimum atomic E-state index is -0.743. The molecule has 0 saturated heterocycles. The number of nitrogens with one attached hydrogen (secondary N) is 1. The summed E-state index contributed by atoms with van der Waals surface area (Å²) in [6.45, 7) is 6.36. The van der Waals surface area contributed by atoms with Gasteiger partial charge in [-0.3, -0.25) is 4.79 Å². The standard InChI is InChI=1S/C22H20BrN5O2/c1-22(2,3)12-8-10-13(11-9-12)28-20-17(26-21(28)30)16(18(24)29)25-19(27-20)14-6-4-5-7-15(14)23/h4-11H,1-3H3,(H2,24,29)(H,26,30). The summed E-state index contributed by atoms with van der Waals surface area (Å²) in [5.41, 5.74) is 8.04. The van der Waals surface area contributed by atoms with Crippen LogP contribution in [0.3, 0.4) is 0 Å². The lowest BCUT2D eigenvalue weighted by atomic mass is 9.87. The molecule has 4 aromatic rings. The predicted molar refractivity (Wildman–Crippen MR) is 120 cm³/mol. The molecule has 0 saturated carbocycles. The molecule has 0 spiro atoms. The molecule has 3 N–H and O–H groups in total. The van der Waals surface area contributed by atoms with E-state index in [1.807, 2.05) is 48.5 Å². The summed E-state index contributed by atoms with van der Waals surface area (Å²) in [7, 11) is 0. The van der Waals surface area contributed by atoms with Crippen molar-refractivity contribution in [2.45, 2.75) is 26.2 Å². The predicted octanol–water partition coefficient (Wildman–Crippen LogP) is 3.93. The van der Waals surface area contributed by atoms with Crippen LogP contribution in [0.4, 0.5) is 0 Å². The van der Waals surface area contributed by atoms with Crippen LogP contribution in [-0.2, 0) is 5.41 Å². The first kappa shape index (κ1) is 20.0. The Morgan fingerprint density at radius 3 is 2.33 bits per heavy atom. The van der Waals surface area contributed by atoms with Crippen molar-refractivity contribution in [2.75, 3.05) is 0 Å². The van der Waals surface area contributed by atoms with Crippen LogP contribution in [-0.4, -0.2) is 25.4 Å². The summed E-state index contributed by atoms with van der Waals surface area (Å²) >= 11 is 3.48. The molecule has 0 fully saturated rings. The van der Waals surface area contributed by atoms with Crippen molar-refractivity contribution in [1.82, 2.24) is 19.5 Å². The maximum Gasteiger partial charge on any atom is 0.332 e. The number of nitrogens with zero attached hydrogens (tertiary/aromatic N) is 3. The van der Waals surface area contributed by atoms with E-state index in [1.165, 1.54) is 4.57 Å². The summed E-state index contributed by atoms with van der Waals surface area (Å²) in [6.07, 6.45) is 0. The molecular formula is C22H20BrN5O2. The lowest BCUT2D eigenvalue weighted by Gasteiger charge is -2.19. The molecule has 2 aromatic carbocycles. The number of nitrogens with two attached hydrogens (primary N) is 1. The minimum absolute atomic E-state index is 0.0161. The Balaban J connectivity index is 2.00. The Bertz CT molecular complexity index is 1330. The lowest BCUT2D eigenvalue weighted by Crippen LogP contribution is -2.16. The number of imidazole rings is 1. The third-order valence-electron chi connectivity index (χ3n) is 4.88. The van der Waals surface area contributed by atoms with E-state index in [4.69, 9.17) is 5.73 Å². The summed E-state index contributed by atoms with van der Waals surface area (Å²) < 4.78 is 2.19. The Morgan fingerprint density at radius 2 is 1.73 bits per heavy atom. The van der Waals surface area contributed by atoms with Crippen LogP contribution < -0.4 is 11.4 Å². The number of halogens is 1. The van der Waals surface area contributed by atoms with E-state index in [9.17, 15) is 9.59 Å². The third-order valence-corrected chi connectivity index (χ3v) is 5.57. The fourth-order valence-electron chi connectivity index (χ4n) is 3.28. The second-order valence-electron chi connectivity index (χ2n) is 8.00. The highest BCUT2D eigenvalue weighted by molar-refractivity contribution is 9.10. The van der Waals surface area contributed by atoms with Crippen LogP contribution in [0.2, 0.25) is 0 Å². The van der Waals surface area contributed by atoms with Gasteiger partial charge in [0.1, 0.15) is 5.52 Å². The van der Waals surface area contributed by atoms with Crippen molar-refractivity contribution >= 4 is 33.0 Å². The van der Waals surface area contributed by atoms with E-state index in [-0.39, 0.29) is 22.3 Å². The smallest absolute Gasteiger partial charge is 0.332 e. The van der Waals surface area contributed by atoms with Crippen LogP contribution in [0.5, 0.6) is 0 Å². The highest BCUT2D eigenvalue weighted by Gasteiger charge is 2.21. The van der Waals surface area contributed by atoms with Crippen molar-refractivity contribution in [2.24, 2.45) is 5.73 Å². The lowest BCUT2D eigenvalue weighted by molar-refractivity contribution is 0.0997. The van der Waals surface area contributed by atoms with Crippen molar-refractivity contribution in [3.63, 3.8) is 0 Å².